The molecule has 0 aromatic heterocycles. The molecule has 0 spiro atoms. The zero-order valence-corrected chi connectivity index (χ0v) is 8.16. The molecule has 1 aliphatic rings. The SMILES string of the molecule is Cc1cc(F)c(C2(N)CC2)cc1Cl. The lowest BCUT2D eigenvalue weighted by Crippen LogP contribution is -2.20. The minimum Gasteiger partial charge on any atom is -0.321 e. The summed E-state index contributed by atoms with van der Waals surface area (Å²) in [5.74, 6) is -0.234. The molecule has 1 fully saturated rings. The zero-order valence-electron chi connectivity index (χ0n) is 7.40. The molecular formula is C10H11ClFN. The Hall–Kier alpha value is -0.600. The number of nitrogens with two attached hydrogens (primary N) is 1. The van der Waals surface area contributed by atoms with E-state index in [1.807, 2.05) is 0 Å². The lowest BCUT2D eigenvalue weighted by Gasteiger charge is -2.11. The molecule has 2 rings (SSSR count). The molecule has 1 aromatic carbocycles. The van der Waals surface area contributed by atoms with E-state index < -0.39 is 5.54 Å². The third-order valence-electron chi connectivity index (χ3n) is 2.57. The molecule has 13 heavy (non-hydrogen) atoms. The van der Waals surface area contributed by atoms with Gasteiger partial charge in [0.15, 0.2) is 0 Å². The van der Waals surface area contributed by atoms with Crippen molar-refractivity contribution < 1.29 is 4.39 Å². The van der Waals surface area contributed by atoms with Gasteiger partial charge in [-0.1, -0.05) is 11.6 Å². The Morgan fingerprint density at radius 1 is 1.46 bits per heavy atom. The fourth-order valence-corrected chi connectivity index (χ4v) is 1.60. The number of hydrogen-bond acceptors (Lipinski definition) is 1. The van der Waals surface area contributed by atoms with Gasteiger partial charge in [0.2, 0.25) is 0 Å². The van der Waals surface area contributed by atoms with Gasteiger partial charge >= 0.3 is 0 Å². The normalized spacial score (nSPS) is 18.8. The monoisotopic (exact) mass is 199 g/mol. The fraction of sp³-hybridized carbons (Fsp3) is 0.400. The topological polar surface area (TPSA) is 26.0 Å². The molecule has 70 valence electrons. The van der Waals surface area contributed by atoms with Crippen LogP contribution in [0, 0.1) is 12.7 Å². The smallest absolute Gasteiger partial charge is 0.128 e. The van der Waals surface area contributed by atoms with Gasteiger partial charge in [-0.05, 0) is 37.5 Å². The summed E-state index contributed by atoms with van der Waals surface area (Å²) in [6, 6.07) is 3.10. The number of halogens is 2. The van der Waals surface area contributed by atoms with Gasteiger partial charge in [-0.3, -0.25) is 0 Å². The quantitative estimate of drug-likeness (QED) is 0.740. The first-order chi connectivity index (χ1) is 6.03. The molecule has 0 bridgehead atoms. The van der Waals surface area contributed by atoms with E-state index >= 15 is 0 Å². The van der Waals surface area contributed by atoms with Gasteiger partial charge in [0, 0.05) is 16.1 Å². The van der Waals surface area contributed by atoms with Gasteiger partial charge < -0.3 is 5.73 Å². The summed E-state index contributed by atoms with van der Waals surface area (Å²) in [7, 11) is 0. The van der Waals surface area contributed by atoms with E-state index in [9.17, 15) is 4.39 Å². The van der Waals surface area contributed by atoms with Crippen molar-refractivity contribution in [1.82, 2.24) is 0 Å². The predicted molar refractivity (Wildman–Crippen MR) is 51.2 cm³/mol. The summed E-state index contributed by atoms with van der Waals surface area (Å²) >= 11 is 5.90. The first-order valence-electron chi connectivity index (χ1n) is 4.28. The molecule has 0 unspecified atom stereocenters. The van der Waals surface area contributed by atoms with E-state index in [0.29, 0.717) is 10.6 Å². The highest BCUT2D eigenvalue weighted by Gasteiger charge is 2.42. The molecule has 2 N–H and O–H groups in total. The Bertz CT molecular complexity index is 358. The molecule has 0 aliphatic heterocycles. The van der Waals surface area contributed by atoms with Gasteiger partial charge in [-0.2, -0.15) is 0 Å². The zero-order chi connectivity index (χ0) is 9.64. The Kier molecular flexibility index (Phi) is 1.86. The molecule has 0 amide bonds. The summed E-state index contributed by atoms with van der Waals surface area (Å²) in [6.07, 6.45) is 1.70. The van der Waals surface area contributed by atoms with Gasteiger partial charge in [-0.15, -0.1) is 0 Å². The fourth-order valence-electron chi connectivity index (χ4n) is 1.43. The second-order valence-electron chi connectivity index (χ2n) is 3.74. The van der Waals surface area contributed by atoms with Gasteiger partial charge in [0.1, 0.15) is 5.82 Å². The maximum Gasteiger partial charge on any atom is 0.128 e. The van der Waals surface area contributed by atoms with Crippen molar-refractivity contribution in [2.45, 2.75) is 25.3 Å². The van der Waals surface area contributed by atoms with Crippen LogP contribution in [-0.4, -0.2) is 0 Å². The maximum atomic E-state index is 13.4. The van der Waals surface area contributed by atoms with Crippen LogP contribution in [0.4, 0.5) is 4.39 Å². The lowest BCUT2D eigenvalue weighted by molar-refractivity contribution is 0.577. The highest BCUT2D eigenvalue weighted by Crippen LogP contribution is 2.44. The average Bonchev–Trinajstić information content (AvgIpc) is 2.77. The highest BCUT2D eigenvalue weighted by atomic mass is 35.5. The number of aryl methyl sites for hydroxylation is 1. The highest BCUT2D eigenvalue weighted by molar-refractivity contribution is 6.31. The first-order valence-corrected chi connectivity index (χ1v) is 4.66. The molecule has 1 saturated carbocycles. The molecule has 0 saturated heterocycles. The number of rotatable bonds is 1. The van der Waals surface area contributed by atoms with Crippen molar-refractivity contribution >= 4 is 11.6 Å². The van der Waals surface area contributed by atoms with Crippen LogP contribution in [0.2, 0.25) is 5.02 Å². The molecule has 1 nitrogen and oxygen atoms in total. The van der Waals surface area contributed by atoms with Crippen LogP contribution in [-0.2, 0) is 5.54 Å². The largest absolute Gasteiger partial charge is 0.321 e. The molecule has 1 aromatic rings. The average molecular weight is 200 g/mol. The van der Waals surface area contributed by atoms with Crippen molar-refractivity contribution in [3.05, 3.63) is 34.1 Å². The molecule has 0 heterocycles. The van der Waals surface area contributed by atoms with Crippen molar-refractivity contribution in [1.29, 1.82) is 0 Å². The van der Waals surface area contributed by atoms with E-state index in [0.717, 1.165) is 18.4 Å². The standard InChI is InChI=1S/C10H11ClFN/c1-6-4-9(12)7(5-8(6)11)10(13)2-3-10/h4-5H,2-3,13H2,1H3. The van der Waals surface area contributed by atoms with E-state index in [-0.39, 0.29) is 5.82 Å². The van der Waals surface area contributed by atoms with E-state index in [4.69, 9.17) is 17.3 Å². The Morgan fingerprint density at radius 3 is 2.62 bits per heavy atom. The number of benzene rings is 1. The number of hydrogen-bond donors (Lipinski definition) is 1. The lowest BCUT2D eigenvalue weighted by atomic mass is 10.0. The van der Waals surface area contributed by atoms with Crippen LogP contribution in [0.1, 0.15) is 24.0 Å². The third-order valence-corrected chi connectivity index (χ3v) is 2.98. The van der Waals surface area contributed by atoms with Crippen molar-refractivity contribution in [3.8, 4) is 0 Å². The van der Waals surface area contributed by atoms with Crippen LogP contribution in [0.25, 0.3) is 0 Å². The molecule has 1 aliphatic carbocycles. The van der Waals surface area contributed by atoms with E-state index in [2.05, 4.69) is 0 Å². The molecule has 0 radical (unpaired) electrons. The van der Waals surface area contributed by atoms with Crippen LogP contribution in [0.15, 0.2) is 12.1 Å². The summed E-state index contributed by atoms with van der Waals surface area (Å²) in [5.41, 5.74) is 6.76. The van der Waals surface area contributed by atoms with Gasteiger partial charge in [0.25, 0.3) is 0 Å². The summed E-state index contributed by atoms with van der Waals surface area (Å²) in [6.45, 7) is 1.78. The van der Waals surface area contributed by atoms with Crippen molar-refractivity contribution in [3.63, 3.8) is 0 Å². The van der Waals surface area contributed by atoms with E-state index in [1.54, 1.807) is 13.0 Å². The van der Waals surface area contributed by atoms with Crippen LogP contribution in [0.5, 0.6) is 0 Å². The molecule has 3 heteroatoms. The minimum absolute atomic E-state index is 0.234. The maximum absolute atomic E-state index is 13.4. The summed E-state index contributed by atoms with van der Waals surface area (Å²) in [5, 5.41) is 0.591. The first kappa shape index (κ1) is 8.97. The third kappa shape index (κ3) is 1.45. The minimum atomic E-state index is -0.443. The second kappa shape index (κ2) is 2.69. The van der Waals surface area contributed by atoms with Crippen molar-refractivity contribution in [2.75, 3.05) is 0 Å². The van der Waals surface area contributed by atoms with Crippen LogP contribution in [0.3, 0.4) is 0 Å². The van der Waals surface area contributed by atoms with E-state index in [1.165, 1.54) is 6.07 Å². The Balaban J connectivity index is 2.52. The summed E-state index contributed by atoms with van der Waals surface area (Å²) < 4.78 is 13.4. The Morgan fingerprint density at radius 2 is 2.08 bits per heavy atom. The summed E-state index contributed by atoms with van der Waals surface area (Å²) in [4.78, 5) is 0. The van der Waals surface area contributed by atoms with Crippen molar-refractivity contribution in [2.24, 2.45) is 5.73 Å². The molecular weight excluding hydrogens is 189 g/mol. The predicted octanol–water partition coefficient (Wildman–Crippen LogP) is 2.74. The Labute approximate surface area is 81.7 Å². The second-order valence-corrected chi connectivity index (χ2v) is 4.14. The van der Waals surface area contributed by atoms with Crippen LogP contribution >= 0.6 is 11.6 Å². The van der Waals surface area contributed by atoms with Gasteiger partial charge in [0.05, 0.1) is 0 Å². The molecule has 0 atom stereocenters. The van der Waals surface area contributed by atoms with Gasteiger partial charge in [-0.25, -0.2) is 4.39 Å². The van der Waals surface area contributed by atoms with Crippen LogP contribution < -0.4 is 5.73 Å².